The predicted molar refractivity (Wildman–Crippen MR) is 73.9 cm³/mol. The topological polar surface area (TPSA) is 60.9 Å². The van der Waals surface area contributed by atoms with Gasteiger partial charge in [0.15, 0.2) is 0 Å². The summed E-state index contributed by atoms with van der Waals surface area (Å²) in [5, 5.41) is 9.05. The Balaban J connectivity index is 2.43. The van der Waals surface area contributed by atoms with Gasteiger partial charge < -0.3 is 14.9 Å². The lowest BCUT2D eigenvalue weighted by atomic mass is 9.88. The Bertz CT molecular complexity index is 334. The minimum atomic E-state index is -0.988. The summed E-state index contributed by atoms with van der Waals surface area (Å²) >= 11 is 0. The number of hydrogen-bond donors (Lipinski definition) is 1. The highest BCUT2D eigenvalue weighted by molar-refractivity contribution is 5.84. The molecule has 0 atom stereocenters. The van der Waals surface area contributed by atoms with Crippen molar-refractivity contribution >= 4 is 11.9 Å². The Labute approximate surface area is 115 Å². The van der Waals surface area contributed by atoms with Crippen LogP contribution in [0.2, 0.25) is 0 Å². The van der Waals surface area contributed by atoms with Crippen molar-refractivity contribution in [2.75, 3.05) is 33.7 Å². The number of piperidine rings is 1. The second kappa shape index (κ2) is 6.37. The molecule has 5 heteroatoms. The average Bonchev–Trinajstić information content (AvgIpc) is 2.31. The number of rotatable bonds is 5. The average molecular weight is 270 g/mol. The molecule has 0 aromatic rings. The van der Waals surface area contributed by atoms with E-state index in [4.69, 9.17) is 5.11 Å². The van der Waals surface area contributed by atoms with Gasteiger partial charge in [0, 0.05) is 20.0 Å². The van der Waals surface area contributed by atoms with Crippen LogP contribution in [-0.4, -0.2) is 60.5 Å². The zero-order valence-corrected chi connectivity index (χ0v) is 12.5. The third-order valence-corrected chi connectivity index (χ3v) is 3.97. The van der Waals surface area contributed by atoms with E-state index in [0.717, 1.165) is 32.5 Å². The largest absolute Gasteiger partial charge is 0.481 e. The van der Waals surface area contributed by atoms with Crippen molar-refractivity contribution in [1.82, 2.24) is 9.80 Å². The number of aliphatic carboxylic acids is 1. The molecule has 0 unspecified atom stereocenters. The van der Waals surface area contributed by atoms with E-state index in [1.165, 1.54) is 0 Å². The number of carbonyl (C=O) groups excluding carboxylic acids is 1. The molecule has 0 saturated carbocycles. The van der Waals surface area contributed by atoms with Crippen molar-refractivity contribution in [2.45, 2.75) is 33.1 Å². The van der Waals surface area contributed by atoms with Gasteiger partial charge in [-0.1, -0.05) is 0 Å². The molecule has 1 rings (SSSR count). The number of carboxylic acid groups (broad SMARTS) is 1. The Hall–Kier alpha value is -1.10. The first-order valence-corrected chi connectivity index (χ1v) is 6.88. The normalized spacial score (nSPS) is 18.3. The van der Waals surface area contributed by atoms with Crippen molar-refractivity contribution in [3.8, 4) is 0 Å². The standard InChI is InChI=1S/C14H26N2O3/c1-14(2,13(18)19)9-12(17)16(4)10-11-5-7-15(3)8-6-11/h11H,5-10H2,1-4H3,(H,18,19). The highest BCUT2D eigenvalue weighted by atomic mass is 16.4. The molecule has 1 fully saturated rings. The number of likely N-dealkylation sites (tertiary alicyclic amines) is 1. The van der Waals surface area contributed by atoms with E-state index >= 15 is 0 Å². The molecule has 1 aliphatic rings. The molecule has 1 heterocycles. The van der Waals surface area contributed by atoms with E-state index in [1.54, 1.807) is 25.8 Å². The van der Waals surface area contributed by atoms with Crippen LogP contribution in [0.15, 0.2) is 0 Å². The molecule has 5 nitrogen and oxygen atoms in total. The third kappa shape index (κ3) is 4.82. The fraction of sp³-hybridized carbons (Fsp3) is 0.857. The van der Waals surface area contributed by atoms with Gasteiger partial charge in [0.05, 0.1) is 5.41 Å². The molecule has 0 spiro atoms. The summed E-state index contributed by atoms with van der Waals surface area (Å²) in [6.07, 6.45) is 2.28. The van der Waals surface area contributed by atoms with E-state index in [0.29, 0.717) is 5.92 Å². The Kier molecular flexibility index (Phi) is 5.35. The Morgan fingerprint density at radius 1 is 1.32 bits per heavy atom. The Morgan fingerprint density at radius 3 is 2.32 bits per heavy atom. The summed E-state index contributed by atoms with van der Waals surface area (Å²) in [4.78, 5) is 27.1. The fourth-order valence-corrected chi connectivity index (χ4v) is 2.32. The maximum atomic E-state index is 12.1. The number of hydrogen-bond acceptors (Lipinski definition) is 3. The molecule has 0 aromatic carbocycles. The first-order chi connectivity index (χ1) is 8.72. The SMILES string of the molecule is CN1CCC(CN(C)C(=O)CC(C)(C)C(=O)O)CC1. The molecule has 0 bridgehead atoms. The zero-order valence-electron chi connectivity index (χ0n) is 12.5. The lowest BCUT2D eigenvalue weighted by molar-refractivity contribution is -0.151. The Morgan fingerprint density at radius 2 is 1.84 bits per heavy atom. The van der Waals surface area contributed by atoms with E-state index in [1.807, 2.05) is 0 Å². The molecule has 0 aliphatic carbocycles. The minimum Gasteiger partial charge on any atom is -0.481 e. The van der Waals surface area contributed by atoms with Crippen molar-refractivity contribution in [3.05, 3.63) is 0 Å². The first kappa shape index (κ1) is 16.0. The van der Waals surface area contributed by atoms with E-state index in [9.17, 15) is 9.59 Å². The summed E-state index contributed by atoms with van der Waals surface area (Å²) in [7, 11) is 3.89. The predicted octanol–water partition coefficient (Wildman–Crippen LogP) is 1.29. The highest BCUT2D eigenvalue weighted by Crippen LogP contribution is 2.23. The van der Waals surface area contributed by atoms with Gasteiger partial charge in [0.1, 0.15) is 0 Å². The van der Waals surface area contributed by atoms with Gasteiger partial charge in [0.2, 0.25) is 5.91 Å². The molecule has 1 saturated heterocycles. The molecule has 19 heavy (non-hydrogen) atoms. The van der Waals surface area contributed by atoms with Crippen LogP contribution >= 0.6 is 0 Å². The van der Waals surface area contributed by atoms with Crippen LogP contribution in [0, 0.1) is 11.3 Å². The summed E-state index contributed by atoms with van der Waals surface area (Å²) in [6, 6.07) is 0. The third-order valence-electron chi connectivity index (χ3n) is 3.97. The highest BCUT2D eigenvalue weighted by Gasteiger charge is 2.32. The number of carbonyl (C=O) groups is 2. The molecule has 1 amide bonds. The second-order valence-electron chi connectivity index (χ2n) is 6.39. The molecular formula is C14H26N2O3. The maximum Gasteiger partial charge on any atom is 0.309 e. The molecule has 1 aliphatic heterocycles. The van der Waals surface area contributed by atoms with Crippen molar-refractivity contribution < 1.29 is 14.7 Å². The quantitative estimate of drug-likeness (QED) is 0.817. The van der Waals surface area contributed by atoms with Crippen molar-refractivity contribution in [1.29, 1.82) is 0 Å². The lowest BCUT2D eigenvalue weighted by Crippen LogP contribution is -2.40. The lowest BCUT2D eigenvalue weighted by Gasteiger charge is -2.32. The zero-order chi connectivity index (χ0) is 14.6. The van der Waals surface area contributed by atoms with Crippen LogP contribution in [0.5, 0.6) is 0 Å². The minimum absolute atomic E-state index is 0.0610. The number of amides is 1. The van der Waals surface area contributed by atoms with Crippen LogP contribution in [0.1, 0.15) is 33.1 Å². The van der Waals surface area contributed by atoms with Crippen LogP contribution in [0.4, 0.5) is 0 Å². The molecule has 1 N–H and O–H groups in total. The van der Waals surface area contributed by atoms with Crippen LogP contribution in [-0.2, 0) is 9.59 Å². The van der Waals surface area contributed by atoms with Gasteiger partial charge in [-0.3, -0.25) is 9.59 Å². The van der Waals surface area contributed by atoms with Gasteiger partial charge in [0.25, 0.3) is 0 Å². The summed E-state index contributed by atoms with van der Waals surface area (Å²) in [5.41, 5.74) is -0.988. The van der Waals surface area contributed by atoms with Gasteiger partial charge in [-0.25, -0.2) is 0 Å². The monoisotopic (exact) mass is 270 g/mol. The van der Waals surface area contributed by atoms with E-state index < -0.39 is 11.4 Å². The van der Waals surface area contributed by atoms with Gasteiger partial charge in [-0.15, -0.1) is 0 Å². The van der Waals surface area contributed by atoms with Gasteiger partial charge in [-0.2, -0.15) is 0 Å². The molecular weight excluding hydrogens is 244 g/mol. The second-order valence-corrected chi connectivity index (χ2v) is 6.39. The summed E-state index contributed by atoms with van der Waals surface area (Å²) in [5.74, 6) is -0.460. The summed E-state index contributed by atoms with van der Waals surface area (Å²) in [6.45, 7) is 6.08. The van der Waals surface area contributed by atoms with Crippen LogP contribution in [0.3, 0.4) is 0 Å². The number of carboxylic acids is 1. The van der Waals surface area contributed by atoms with Crippen LogP contribution in [0.25, 0.3) is 0 Å². The first-order valence-electron chi connectivity index (χ1n) is 6.88. The summed E-state index contributed by atoms with van der Waals surface area (Å²) < 4.78 is 0. The fourth-order valence-electron chi connectivity index (χ4n) is 2.32. The van der Waals surface area contributed by atoms with Crippen LogP contribution < -0.4 is 0 Å². The van der Waals surface area contributed by atoms with E-state index in [-0.39, 0.29) is 12.3 Å². The van der Waals surface area contributed by atoms with Gasteiger partial charge >= 0.3 is 5.97 Å². The number of nitrogens with zero attached hydrogens (tertiary/aromatic N) is 2. The van der Waals surface area contributed by atoms with Crippen molar-refractivity contribution in [2.24, 2.45) is 11.3 Å². The molecule has 0 aromatic heterocycles. The van der Waals surface area contributed by atoms with E-state index in [2.05, 4.69) is 11.9 Å². The molecule has 0 radical (unpaired) electrons. The smallest absolute Gasteiger partial charge is 0.309 e. The van der Waals surface area contributed by atoms with Crippen molar-refractivity contribution in [3.63, 3.8) is 0 Å². The van der Waals surface area contributed by atoms with Gasteiger partial charge in [-0.05, 0) is 52.7 Å². The maximum absolute atomic E-state index is 12.1. The molecule has 110 valence electrons.